The Morgan fingerprint density at radius 1 is 0.656 bits per heavy atom. The Balaban J connectivity index is -0.0000000334. The average molecular weight is 925 g/mol. The zero-order valence-corrected chi connectivity index (χ0v) is 35.6. The second-order valence-corrected chi connectivity index (χ2v) is 4.24. The predicted molar refractivity (Wildman–Crippen MR) is 87.8 cm³/mol. The van der Waals surface area contributed by atoms with Gasteiger partial charge in [0.25, 0.3) is 0 Å². The third kappa shape index (κ3) is 55.0. The molecule has 0 saturated carbocycles. The van der Waals surface area contributed by atoms with E-state index in [0.717, 1.165) is 21.8 Å². The smallest absolute Gasteiger partial charge is 0.0725 e. The molecule has 6 radical (unpaired) electrons. The van der Waals surface area contributed by atoms with Gasteiger partial charge in [-0.2, -0.15) is 42.8 Å². The average Bonchev–Trinajstić information content (AvgIpc) is 2.69. The second kappa shape index (κ2) is 55.7. The van der Waals surface area contributed by atoms with E-state index in [4.69, 9.17) is 0 Å². The van der Waals surface area contributed by atoms with E-state index >= 15 is 0 Å². The zero-order chi connectivity index (χ0) is 20.6. The van der Waals surface area contributed by atoms with Crippen molar-refractivity contribution in [2.24, 2.45) is 0 Å². The molecule has 0 atom stereocenters. The Hall–Kier alpha value is 4.27. The van der Waals surface area contributed by atoms with Crippen molar-refractivity contribution >= 4 is 50.5 Å². The first-order valence-corrected chi connectivity index (χ1v) is 7.28. The summed E-state index contributed by atoms with van der Waals surface area (Å²) >= 11 is 0.991. The minimum absolute atomic E-state index is 0. The van der Waals surface area contributed by atoms with Gasteiger partial charge in [-0.3, -0.25) is 0 Å². The van der Waals surface area contributed by atoms with Crippen LogP contribution in [0, 0.1) is 0 Å². The number of carbonyl (C=O) groups excluding carboxylic acids is 6. The van der Waals surface area contributed by atoms with Gasteiger partial charge < -0.3 is 48.2 Å². The van der Waals surface area contributed by atoms with Crippen molar-refractivity contribution in [1.82, 2.24) is 14.7 Å². The van der Waals surface area contributed by atoms with Gasteiger partial charge in [-0.25, -0.2) is 4.89 Å². The Kier molecular flexibility index (Phi) is 106. The molecule has 0 aromatic heterocycles. The maximum atomic E-state index is 9.86. The molecular weight excluding hydrogens is 908 g/mol. The predicted octanol–water partition coefficient (Wildman–Crippen LogP) is -2.24. The van der Waals surface area contributed by atoms with Gasteiger partial charge in [-0.15, -0.1) is 0 Å². The van der Waals surface area contributed by atoms with E-state index in [-0.39, 0.29) is 209 Å². The quantitative estimate of drug-likeness (QED) is 0.0470. The van der Waals surface area contributed by atoms with E-state index in [1.807, 2.05) is 0 Å². The molecule has 168 valence electrons. The molecule has 0 fully saturated rings. The van der Waals surface area contributed by atoms with E-state index in [1.165, 1.54) is 59.7 Å². The topological polar surface area (TPSA) is 140 Å². The van der Waals surface area contributed by atoms with Gasteiger partial charge in [0, 0.05) is 221 Å². The Bertz CT molecular complexity index is 386. The fraction of sp³-hybridized carbons (Fsp3) is 0.538. The van der Waals surface area contributed by atoms with Gasteiger partial charge in [0.15, 0.2) is 0 Å². The Morgan fingerprint density at radius 3 is 1.28 bits per heavy atom. The van der Waals surface area contributed by atoms with Crippen LogP contribution in [0.2, 0.25) is 0 Å². The van der Waals surface area contributed by atoms with E-state index < -0.39 is 0 Å². The molecule has 12 nitrogen and oxygen atoms in total. The maximum absolute atomic E-state index is 9.86. The first-order valence-electron chi connectivity index (χ1n) is 6.37. The number of amides is 6. The maximum Gasteiger partial charge on any atom is 0.0725 e. The van der Waals surface area contributed by atoms with Crippen molar-refractivity contribution in [3.05, 3.63) is 0 Å². The molecule has 0 aromatic carbocycles. The summed E-state index contributed by atoms with van der Waals surface area (Å²) in [6.07, 6.45) is 8.04. The summed E-state index contributed by atoms with van der Waals surface area (Å²) in [5, 5.41) is 0. The van der Waals surface area contributed by atoms with Crippen LogP contribution in [0.5, 0.6) is 0 Å². The van der Waals surface area contributed by atoms with Crippen molar-refractivity contribution in [2.75, 3.05) is 46.7 Å². The first-order chi connectivity index (χ1) is 12.5. The van der Waals surface area contributed by atoms with Gasteiger partial charge in [-0.1, -0.05) is 0 Å². The number of methoxy groups -OCH3 is 1. The normalized spacial score (nSPS) is 6.84. The fourth-order valence-electron chi connectivity index (χ4n) is 0.632. The number of nitrogens with zero attached hydrogens (tertiary/aromatic N) is 3. The first kappa shape index (κ1) is 60.7. The van der Waals surface area contributed by atoms with E-state index in [0.29, 0.717) is 17.3 Å². The molecule has 32 heavy (non-hydrogen) atoms. The zero-order valence-electron chi connectivity index (χ0n) is 17.7. The standard InChI is InChI=1S/C5H7NO4S.C5H7NO3.C3H3NO2.6Y/c1-9-10-11-3-2-6(4-7)5-8;1-9-3-2-6(4-7)5-8;1-4(2-5)3-6;;;;;;/h2-3H2,1H3;2-3H2,1H3;1H3;;;;;;/q3*-2;;;;;;. The summed E-state index contributed by atoms with van der Waals surface area (Å²) in [7, 11) is 4.11. The van der Waals surface area contributed by atoms with Crippen LogP contribution >= 0.6 is 12.0 Å². The minimum Gasteiger partial charge on any atom is -0.639 e. The summed E-state index contributed by atoms with van der Waals surface area (Å²) in [4.78, 5) is 64.0. The molecule has 6 amide bonds. The Morgan fingerprint density at radius 2 is 1.03 bits per heavy atom. The van der Waals surface area contributed by atoms with E-state index in [1.54, 1.807) is 0 Å². The SMILES string of the molecule is CN([C-]=O)[C-]=O.COCCN([C-]=O)[C-]=O.COOSCCN([C-]=O)[C-]=O.[Y].[Y].[Y].[Y].[Y].[Y]. The van der Waals surface area contributed by atoms with Gasteiger partial charge in [0.05, 0.1) is 13.7 Å². The Labute approximate surface area is 343 Å². The van der Waals surface area contributed by atoms with Crippen LogP contribution in [0.4, 0.5) is 0 Å². The minimum atomic E-state index is 0. The summed E-state index contributed by atoms with van der Waals surface area (Å²) in [5.74, 6) is 0.429. The summed E-state index contributed by atoms with van der Waals surface area (Å²) in [5.41, 5.74) is 0. The third-order valence-electron chi connectivity index (χ3n) is 1.75. The summed E-state index contributed by atoms with van der Waals surface area (Å²) < 4.78 is 8.98. The molecule has 0 aliphatic rings. The van der Waals surface area contributed by atoms with Crippen molar-refractivity contribution in [3.63, 3.8) is 0 Å². The van der Waals surface area contributed by atoms with Crippen molar-refractivity contribution in [3.8, 4) is 0 Å². The van der Waals surface area contributed by atoms with Gasteiger partial charge in [-0.05, 0) is 20.1 Å². The monoisotopic (exact) mass is 925 g/mol. The second-order valence-electron chi connectivity index (χ2n) is 3.46. The van der Waals surface area contributed by atoms with Crippen LogP contribution in [-0.4, -0.2) is 99.9 Å². The largest absolute Gasteiger partial charge is 0.639 e. The fourth-order valence-corrected chi connectivity index (χ4v) is 1.05. The van der Waals surface area contributed by atoms with Crippen LogP contribution in [0.15, 0.2) is 0 Å². The number of rotatable bonds is 14. The van der Waals surface area contributed by atoms with Crippen molar-refractivity contribution in [1.29, 1.82) is 0 Å². The van der Waals surface area contributed by atoms with E-state index in [9.17, 15) is 28.8 Å². The molecule has 0 spiro atoms. The third-order valence-corrected chi connectivity index (χ3v) is 2.33. The number of hydrogen-bond donors (Lipinski definition) is 0. The number of imide groups is 3. The van der Waals surface area contributed by atoms with Gasteiger partial charge in [0.1, 0.15) is 0 Å². The summed E-state index contributed by atoms with van der Waals surface area (Å²) in [6.45, 7) is 0.745. The molecular formula is C13H17N3O9SY6-6. The molecule has 0 aromatic rings. The van der Waals surface area contributed by atoms with E-state index in [2.05, 4.69) is 14.0 Å². The van der Waals surface area contributed by atoms with Gasteiger partial charge in [0.2, 0.25) is 0 Å². The molecule has 0 aliphatic carbocycles. The molecule has 0 heterocycles. The van der Waals surface area contributed by atoms with Crippen LogP contribution in [0.1, 0.15) is 0 Å². The number of ether oxygens (including phenoxy) is 1. The molecule has 19 heteroatoms. The van der Waals surface area contributed by atoms with Crippen molar-refractivity contribution in [2.45, 2.75) is 0 Å². The molecule has 0 saturated heterocycles. The van der Waals surface area contributed by atoms with Crippen LogP contribution < -0.4 is 0 Å². The van der Waals surface area contributed by atoms with Gasteiger partial charge >= 0.3 is 0 Å². The summed E-state index contributed by atoms with van der Waals surface area (Å²) in [6, 6.07) is 0. The molecule has 0 unspecified atom stereocenters. The van der Waals surface area contributed by atoms with Crippen LogP contribution in [0.25, 0.3) is 0 Å². The molecule has 0 aliphatic heterocycles. The number of hydrogen-bond acceptors (Lipinski definition) is 10. The molecule has 0 N–H and O–H groups in total. The van der Waals surface area contributed by atoms with Crippen molar-refractivity contribution < 1.29 is 239 Å². The van der Waals surface area contributed by atoms with Crippen LogP contribution in [-0.2, 0) is 239 Å². The molecule has 0 bridgehead atoms. The van der Waals surface area contributed by atoms with Crippen LogP contribution in [0.3, 0.4) is 0 Å². The molecule has 0 rings (SSSR count).